The van der Waals surface area contributed by atoms with Gasteiger partial charge in [0.1, 0.15) is 5.54 Å². The summed E-state index contributed by atoms with van der Waals surface area (Å²) in [7, 11) is -1.75. The van der Waals surface area contributed by atoms with Gasteiger partial charge in [0.05, 0.1) is 21.8 Å². The minimum Gasteiger partial charge on any atom is -0.376 e. The van der Waals surface area contributed by atoms with E-state index in [9.17, 15) is 31.2 Å². The molecule has 0 radical (unpaired) electrons. The second-order valence-electron chi connectivity index (χ2n) is 9.02. The Balaban J connectivity index is 1.49. The van der Waals surface area contributed by atoms with E-state index in [1.165, 1.54) is 4.90 Å². The summed E-state index contributed by atoms with van der Waals surface area (Å²) in [5.41, 5.74) is -4.03. The van der Waals surface area contributed by atoms with Crippen molar-refractivity contribution in [3.05, 3.63) is 60.3 Å². The molecule has 188 valence electrons. The van der Waals surface area contributed by atoms with Gasteiger partial charge in [0.15, 0.2) is 0 Å². The summed E-state index contributed by atoms with van der Waals surface area (Å²) < 4.78 is 62.0. The molecule has 1 aliphatic heterocycles. The lowest BCUT2D eigenvalue weighted by Crippen LogP contribution is -2.36. The number of sulfone groups is 1. The van der Waals surface area contributed by atoms with E-state index in [2.05, 4.69) is 4.98 Å². The fraction of sp³-hybridized carbons (Fsp3) is 0.292. The summed E-state index contributed by atoms with van der Waals surface area (Å²) in [4.78, 5) is 34.6. The van der Waals surface area contributed by atoms with Crippen LogP contribution in [0.25, 0.3) is 10.9 Å². The summed E-state index contributed by atoms with van der Waals surface area (Å²) in [6.07, 6.45) is 2.56. The highest BCUT2D eigenvalue weighted by molar-refractivity contribution is 7.92. The number of pyridine rings is 1. The number of urea groups is 1. The van der Waals surface area contributed by atoms with Gasteiger partial charge >= 0.3 is 11.5 Å². The first-order valence-electron chi connectivity index (χ1n) is 11.0. The van der Waals surface area contributed by atoms with Gasteiger partial charge in [-0.25, -0.2) is 18.1 Å². The Morgan fingerprint density at radius 2 is 1.69 bits per heavy atom. The van der Waals surface area contributed by atoms with Gasteiger partial charge in [0.25, 0.3) is 15.7 Å². The largest absolute Gasteiger partial charge is 0.501 e. The summed E-state index contributed by atoms with van der Waals surface area (Å²) in [5.74, 6) is -0.480. The predicted molar refractivity (Wildman–Crippen MR) is 126 cm³/mol. The van der Waals surface area contributed by atoms with Crippen LogP contribution in [0.1, 0.15) is 18.4 Å². The summed E-state index contributed by atoms with van der Waals surface area (Å²) >= 11 is 0. The lowest BCUT2D eigenvalue weighted by Gasteiger charge is -2.23. The number of aromatic nitrogens is 1. The number of alkyl halides is 3. The predicted octanol–water partition coefficient (Wildman–Crippen LogP) is 4.10. The smallest absolute Gasteiger partial charge is 0.376 e. The summed E-state index contributed by atoms with van der Waals surface area (Å²) in [6.45, 7) is 0.136. The number of fused-ring (bicyclic) bond motifs is 1. The van der Waals surface area contributed by atoms with Crippen LogP contribution in [0.3, 0.4) is 0 Å². The van der Waals surface area contributed by atoms with E-state index in [1.807, 2.05) is 37.2 Å². The normalized spacial score (nSPS) is 17.4. The van der Waals surface area contributed by atoms with E-state index in [4.69, 9.17) is 0 Å². The molecule has 2 fully saturated rings. The Morgan fingerprint density at radius 3 is 2.28 bits per heavy atom. The van der Waals surface area contributed by atoms with Crippen molar-refractivity contribution in [2.24, 2.45) is 0 Å². The van der Waals surface area contributed by atoms with Crippen molar-refractivity contribution >= 4 is 44.1 Å². The Kier molecular flexibility index (Phi) is 5.29. The number of imide groups is 1. The van der Waals surface area contributed by atoms with Crippen LogP contribution in [-0.4, -0.2) is 55.4 Å². The van der Waals surface area contributed by atoms with Crippen molar-refractivity contribution in [2.45, 2.75) is 35.3 Å². The first-order valence-corrected chi connectivity index (χ1v) is 12.5. The number of carbonyl (C=O) groups excluding carboxylic acids is 2. The zero-order valence-electron chi connectivity index (χ0n) is 19.3. The molecule has 1 saturated carbocycles. The molecule has 0 unspecified atom stereocenters. The zero-order valence-corrected chi connectivity index (χ0v) is 20.1. The second kappa shape index (κ2) is 7.92. The number of nitrogens with zero attached hydrogens (tertiary/aromatic N) is 4. The van der Waals surface area contributed by atoms with Crippen LogP contribution in [0.5, 0.6) is 0 Å². The molecule has 8 nitrogen and oxygen atoms in total. The van der Waals surface area contributed by atoms with Crippen molar-refractivity contribution in [1.82, 2.24) is 9.88 Å². The number of carbonyl (C=O) groups is 2. The van der Waals surface area contributed by atoms with Crippen LogP contribution in [0.2, 0.25) is 0 Å². The topological polar surface area (TPSA) is 90.9 Å². The number of rotatable bonds is 5. The molecule has 5 rings (SSSR count). The van der Waals surface area contributed by atoms with E-state index in [1.54, 1.807) is 12.3 Å². The Bertz CT molecular complexity index is 1500. The van der Waals surface area contributed by atoms with Gasteiger partial charge in [-0.2, -0.15) is 13.2 Å². The van der Waals surface area contributed by atoms with Crippen molar-refractivity contribution < 1.29 is 31.2 Å². The third-order valence-electron chi connectivity index (χ3n) is 6.62. The SMILES string of the molecule is CN(C)c1cccc2c(CN3C(=O)N(c4ccc(S(=O)(=O)C(F)(F)F)cc4)C(=O)C34CC4)ccnc12. The average molecular weight is 519 g/mol. The highest BCUT2D eigenvalue weighted by atomic mass is 32.2. The number of hydrogen-bond acceptors (Lipinski definition) is 6. The maximum absolute atomic E-state index is 13.4. The molecule has 0 atom stereocenters. The highest BCUT2D eigenvalue weighted by Crippen LogP contribution is 2.50. The molecule has 12 heteroatoms. The quantitative estimate of drug-likeness (QED) is 0.473. The highest BCUT2D eigenvalue weighted by Gasteiger charge is 2.65. The van der Waals surface area contributed by atoms with Crippen LogP contribution < -0.4 is 9.80 Å². The lowest BCUT2D eigenvalue weighted by molar-refractivity contribution is -0.120. The van der Waals surface area contributed by atoms with Crippen LogP contribution in [0.15, 0.2) is 59.6 Å². The summed E-state index contributed by atoms with van der Waals surface area (Å²) in [6, 6.07) is 10.5. The number of hydrogen-bond donors (Lipinski definition) is 0. The molecule has 3 amide bonds. The van der Waals surface area contributed by atoms with Crippen LogP contribution in [-0.2, 0) is 21.2 Å². The Hall–Kier alpha value is -3.67. The number of halogens is 3. The number of amides is 3. The first-order chi connectivity index (χ1) is 16.9. The third kappa shape index (κ3) is 3.50. The third-order valence-corrected chi connectivity index (χ3v) is 8.13. The first kappa shape index (κ1) is 24.0. The van der Waals surface area contributed by atoms with E-state index in [0.717, 1.165) is 51.3 Å². The minimum absolute atomic E-state index is 0.00869. The second-order valence-corrected chi connectivity index (χ2v) is 11.0. The van der Waals surface area contributed by atoms with E-state index in [-0.39, 0.29) is 12.2 Å². The fourth-order valence-corrected chi connectivity index (χ4v) is 5.32. The van der Waals surface area contributed by atoms with Gasteiger partial charge in [0.2, 0.25) is 0 Å². The molecule has 0 N–H and O–H groups in total. The fourth-order valence-electron chi connectivity index (χ4n) is 4.56. The number of anilines is 2. The molecular weight excluding hydrogens is 497 g/mol. The van der Waals surface area contributed by atoms with Crippen LogP contribution in [0.4, 0.5) is 29.3 Å². The van der Waals surface area contributed by atoms with Crippen molar-refractivity contribution in [3.63, 3.8) is 0 Å². The molecule has 2 heterocycles. The van der Waals surface area contributed by atoms with Gasteiger partial charge in [0, 0.05) is 32.2 Å². The molecule has 2 aliphatic rings. The van der Waals surface area contributed by atoms with Crippen molar-refractivity contribution in [2.75, 3.05) is 23.9 Å². The number of para-hydroxylation sites is 1. The zero-order chi connectivity index (χ0) is 26.0. The maximum Gasteiger partial charge on any atom is 0.501 e. The Morgan fingerprint density at radius 1 is 1.03 bits per heavy atom. The molecule has 3 aromatic rings. The van der Waals surface area contributed by atoms with E-state index >= 15 is 0 Å². The number of benzene rings is 2. The molecule has 0 bridgehead atoms. The molecule has 1 aliphatic carbocycles. The minimum atomic E-state index is -5.54. The van der Waals surface area contributed by atoms with Crippen LogP contribution in [0, 0.1) is 0 Å². The Labute approximate surface area is 204 Å². The van der Waals surface area contributed by atoms with E-state index in [0.29, 0.717) is 12.8 Å². The molecule has 1 saturated heterocycles. The molecule has 2 aromatic carbocycles. The van der Waals surface area contributed by atoms with Gasteiger partial charge in [-0.3, -0.25) is 9.78 Å². The monoisotopic (exact) mass is 518 g/mol. The molecule has 1 aromatic heterocycles. The van der Waals surface area contributed by atoms with Crippen molar-refractivity contribution in [1.29, 1.82) is 0 Å². The average Bonchev–Trinajstić information content (AvgIpc) is 3.60. The maximum atomic E-state index is 13.4. The van der Waals surface area contributed by atoms with Gasteiger partial charge in [-0.05, 0) is 54.8 Å². The van der Waals surface area contributed by atoms with Gasteiger partial charge < -0.3 is 9.80 Å². The standard InChI is InChI=1S/C24H21F3N4O4S/c1-29(2)19-5-3-4-18-15(10-13-28-20(18)19)14-30-22(33)31(21(32)23(30)11-12-23)16-6-8-17(9-7-16)36(34,35)24(25,26)27/h3-10,13H,11-12,14H2,1-2H3. The van der Waals surface area contributed by atoms with Crippen molar-refractivity contribution in [3.8, 4) is 0 Å². The van der Waals surface area contributed by atoms with Crippen LogP contribution >= 0.6 is 0 Å². The van der Waals surface area contributed by atoms with Gasteiger partial charge in [-0.1, -0.05) is 12.1 Å². The molecule has 36 heavy (non-hydrogen) atoms. The summed E-state index contributed by atoms with van der Waals surface area (Å²) in [5, 5.41) is 0.833. The van der Waals surface area contributed by atoms with E-state index < -0.39 is 37.7 Å². The molecule has 1 spiro atoms. The van der Waals surface area contributed by atoms with Gasteiger partial charge in [-0.15, -0.1) is 0 Å². The lowest BCUT2D eigenvalue weighted by atomic mass is 10.1. The molecular formula is C24H21F3N4O4S.